The molecule has 2 fully saturated rings. The molecular weight excluding hydrogens is 340 g/mol. The molecule has 0 spiro atoms. The fourth-order valence-corrected chi connectivity index (χ4v) is 3.33. The first kappa shape index (κ1) is 18.1. The van der Waals surface area contributed by atoms with E-state index < -0.39 is 29.9 Å². The molecule has 4 atom stereocenters. The van der Waals surface area contributed by atoms with Crippen molar-refractivity contribution in [3.05, 3.63) is 18.2 Å². The molecule has 0 aliphatic carbocycles. The molecule has 140 valence electrons. The summed E-state index contributed by atoms with van der Waals surface area (Å²) in [4.78, 5) is 56.4. The van der Waals surface area contributed by atoms with Crippen molar-refractivity contribution in [2.75, 3.05) is 0 Å². The minimum Gasteiger partial charge on any atom is -0.351 e. The Labute approximate surface area is 149 Å². The van der Waals surface area contributed by atoms with Crippen LogP contribution in [0.1, 0.15) is 31.9 Å². The van der Waals surface area contributed by atoms with Gasteiger partial charge in [0.1, 0.15) is 12.1 Å². The number of carbonyl (C=O) groups is 4. The van der Waals surface area contributed by atoms with Gasteiger partial charge in [-0.15, -0.1) is 0 Å². The van der Waals surface area contributed by atoms with Crippen molar-refractivity contribution >= 4 is 23.6 Å². The van der Waals surface area contributed by atoms with Crippen LogP contribution in [0.2, 0.25) is 0 Å². The number of imidazole rings is 1. The van der Waals surface area contributed by atoms with Gasteiger partial charge in [0, 0.05) is 18.7 Å². The van der Waals surface area contributed by atoms with Crippen LogP contribution in [0, 0.1) is 0 Å². The largest absolute Gasteiger partial charge is 0.351 e. The highest BCUT2D eigenvalue weighted by molar-refractivity contribution is 6.06. The Bertz CT molecular complexity index is 710. The number of rotatable bonds is 5. The number of nitrogens with two attached hydrogens (primary N) is 1. The third kappa shape index (κ3) is 3.59. The average molecular weight is 362 g/mol. The van der Waals surface area contributed by atoms with Crippen LogP contribution in [0.3, 0.4) is 0 Å². The summed E-state index contributed by atoms with van der Waals surface area (Å²) >= 11 is 0. The van der Waals surface area contributed by atoms with Gasteiger partial charge in [-0.05, 0) is 19.8 Å². The number of amides is 4. The molecule has 3 heterocycles. The molecule has 10 heteroatoms. The number of likely N-dealkylation sites (tertiary alicyclic amines) is 1. The van der Waals surface area contributed by atoms with E-state index in [4.69, 9.17) is 5.73 Å². The van der Waals surface area contributed by atoms with E-state index in [1.54, 1.807) is 6.20 Å². The maximum Gasteiger partial charge on any atom is 0.249 e. The van der Waals surface area contributed by atoms with Gasteiger partial charge >= 0.3 is 0 Å². The fraction of sp³-hybridized carbons (Fsp3) is 0.562. The number of β-lactam (4-membered cyclic amide) rings is 1. The molecule has 4 amide bonds. The number of aromatic amines is 1. The van der Waals surface area contributed by atoms with Gasteiger partial charge in [-0.2, -0.15) is 0 Å². The van der Waals surface area contributed by atoms with E-state index in [0.717, 1.165) is 0 Å². The van der Waals surface area contributed by atoms with E-state index in [-0.39, 0.29) is 30.7 Å². The number of H-pyrrole nitrogens is 1. The van der Waals surface area contributed by atoms with Crippen LogP contribution in [-0.2, 0) is 25.6 Å². The van der Waals surface area contributed by atoms with Crippen LogP contribution in [0.25, 0.3) is 0 Å². The first-order valence-electron chi connectivity index (χ1n) is 8.56. The van der Waals surface area contributed by atoms with Crippen LogP contribution in [0.15, 0.2) is 12.5 Å². The van der Waals surface area contributed by atoms with Crippen molar-refractivity contribution < 1.29 is 19.2 Å². The molecule has 10 nitrogen and oxygen atoms in total. The van der Waals surface area contributed by atoms with E-state index in [2.05, 4.69) is 20.6 Å². The number of imide groups is 1. The lowest BCUT2D eigenvalue weighted by atomic mass is 10.1. The molecule has 1 unspecified atom stereocenters. The quantitative estimate of drug-likeness (QED) is 0.358. The molecule has 0 aromatic carbocycles. The molecule has 3 rings (SSSR count). The number of aromatic nitrogens is 2. The summed E-state index contributed by atoms with van der Waals surface area (Å²) in [6, 6.07) is -2.41. The van der Waals surface area contributed by atoms with E-state index >= 15 is 0 Å². The van der Waals surface area contributed by atoms with Crippen LogP contribution in [0.5, 0.6) is 0 Å². The highest BCUT2D eigenvalue weighted by Gasteiger charge is 2.42. The number of nitrogens with one attached hydrogen (secondary N) is 3. The predicted molar refractivity (Wildman–Crippen MR) is 89.3 cm³/mol. The summed E-state index contributed by atoms with van der Waals surface area (Å²) in [5.74, 6) is -1.67. The van der Waals surface area contributed by atoms with E-state index in [1.807, 2.05) is 6.92 Å². The lowest BCUT2D eigenvalue weighted by Crippen LogP contribution is -2.60. The highest BCUT2D eigenvalue weighted by atomic mass is 16.2. The number of carbonyl (C=O) groups excluding carboxylic acids is 4. The van der Waals surface area contributed by atoms with Gasteiger partial charge in [-0.1, -0.05) is 0 Å². The Morgan fingerprint density at radius 3 is 2.73 bits per heavy atom. The third-order valence-electron chi connectivity index (χ3n) is 4.81. The zero-order valence-corrected chi connectivity index (χ0v) is 14.4. The first-order valence-corrected chi connectivity index (χ1v) is 8.56. The minimum atomic E-state index is -0.823. The van der Waals surface area contributed by atoms with E-state index in [9.17, 15) is 19.2 Å². The normalized spacial score (nSPS) is 26.0. The highest BCUT2D eigenvalue weighted by Crippen LogP contribution is 2.25. The van der Waals surface area contributed by atoms with Crippen LogP contribution >= 0.6 is 0 Å². The van der Waals surface area contributed by atoms with Crippen molar-refractivity contribution in [1.82, 2.24) is 25.5 Å². The predicted octanol–water partition coefficient (Wildman–Crippen LogP) is -1.81. The standard InChI is InChI=1S/C16H22N6O4/c1-8-2-3-12(15(25)21-14(24)11-5-13(23)20-11)22(8)16(26)10(17)4-9-6-18-7-19-9/h6-8,10-12H,2-5,17H2,1H3,(H,18,19)(H,20,23)(H,21,24,25)/t8-,10+,11+,12?/m1/s1. The zero-order chi connectivity index (χ0) is 18.8. The molecule has 2 aliphatic heterocycles. The Hall–Kier alpha value is -2.75. The molecule has 0 saturated carbocycles. The Morgan fingerprint density at radius 2 is 2.12 bits per heavy atom. The Morgan fingerprint density at radius 1 is 1.38 bits per heavy atom. The summed E-state index contributed by atoms with van der Waals surface area (Å²) in [7, 11) is 0. The zero-order valence-electron chi connectivity index (χ0n) is 14.4. The molecule has 2 saturated heterocycles. The monoisotopic (exact) mass is 362 g/mol. The minimum absolute atomic E-state index is 0.0668. The van der Waals surface area contributed by atoms with E-state index in [1.165, 1.54) is 11.2 Å². The molecule has 2 aliphatic rings. The second-order valence-electron chi connectivity index (χ2n) is 6.74. The molecule has 5 N–H and O–H groups in total. The second-order valence-corrected chi connectivity index (χ2v) is 6.74. The molecule has 1 aromatic heterocycles. The smallest absolute Gasteiger partial charge is 0.249 e. The maximum atomic E-state index is 12.8. The van der Waals surface area contributed by atoms with Gasteiger partial charge in [0.2, 0.25) is 23.6 Å². The summed E-state index contributed by atoms with van der Waals surface area (Å²) in [5, 5.41) is 4.70. The summed E-state index contributed by atoms with van der Waals surface area (Å²) < 4.78 is 0. The lowest BCUT2D eigenvalue weighted by molar-refractivity contribution is -0.145. The number of nitrogens with zero attached hydrogens (tertiary/aromatic N) is 2. The van der Waals surface area contributed by atoms with Crippen molar-refractivity contribution in [3.63, 3.8) is 0 Å². The molecular formula is C16H22N6O4. The van der Waals surface area contributed by atoms with Gasteiger partial charge in [0.25, 0.3) is 0 Å². The molecule has 1 aromatic rings. The Balaban J connectivity index is 1.62. The SMILES string of the molecule is C[C@@H]1CCC(C(=O)NC(=O)[C@@H]2CC(=O)N2)N1C(=O)[C@@H](N)Cc1c[nH]cn1. The molecule has 26 heavy (non-hydrogen) atoms. The van der Waals surface area contributed by atoms with E-state index in [0.29, 0.717) is 18.5 Å². The molecule has 0 radical (unpaired) electrons. The summed E-state index contributed by atoms with van der Waals surface area (Å²) in [6.07, 6.45) is 4.60. The summed E-state index contributed by atoms with van der Waals surface area (Å²) in [6.45, 7) is 1.85. The fourth-order valence-electron chi connectivity index (χ4n) is 3.33. The second kappa shape index (κ2) is 7.24. The lowest BCUT2D eigenvalue weighted by Gasteiger charge is -2.31. The Kier molecular flexibility index (Phi) is 5.03. The van der Waals surface area contributed by atoms with Crippen LogP contribution in [-0.4, -0.2) is 62.7 Å². The van der Waals surface area contributed by atoms with Gasteiger partial charge in [-0.3, -0.25) is 24.5 Å². The van der Waals surface area contributed by atoms with Crippen molar-refractivity contribution in [2.45, 2.75) is 56.8 Å². The van der Waals surface area contributed by atoms with Crippen molar-refractivity contribution in [3.8, 4) is 0 Å². The van der Waals surface area contributed by atoms with Crippen molar-refractivity contribution in [1.29, 1.82) is 0 Å². The van der Waals surface area contributed by atoms with Crippen molar-refractivity contribution in [2.24, 2.45) is 5.73 Å². The topological polar surface area (TPSA) is 150 Å². The third-order valence-corrected chi connectivity index (χ3v) is 4.81. The van der Waals surface area contributed by atoms with Gasteiger partial charge in [0.15, 0.2) is 0 Å². The van der Waals surface area contributed by atoms with Gasteiger partial charge < -0.3 is 20.9 Å². The van der Waals surface area contributed by atoms with Crippen LogP contribution in [0.4, 0.5) is 0 Å². The average Bonchev–Trinajstić information content (AvgIpc) is 3.20. The first-order chi connectivity index (χ1) is 12.4. The van der Waals surface area contributed by atoms with Gasteiger partial charge in [-0.25, -0.2) is 4.98 Å². The summed E-state index contributed by atoms with van der Waals surface area (Å²) in [5.41, 5.74) is 6.68. The maximum absolute atomic E-state index is 12.8. The number of hydrogen-bond donors (Lipinski definition) is 4. The number of hydrogen-bond acceptors (Lipinski definition) is 6. The van der Waals surface area contributed by atoms with Gasteiger partial charge in [0.05, 0.1) is 24.5 Å². The molecule has 0 bridgehead atoms. The van der Waals surface area contributed by atoms with Crippen LogP contribution < -0.4 is 16.4 Å².